The number of ether oxygens (including phenoxy) is 6. The molecule has 20 N–H and O–H groups in total. The lowest BCUT2D eigenvalue weighted by Gasteiger charge is -2.27. The molecule has 3 aliphatic rings. The molecule has 3 saturated heterocycles. The van der Waals surface area contributed by atoms with E-state index < -0.39 is 212 Å². The summed E-state index contributed by atoms with van der Waals surface area (Å²) >= 11 is 0. The Morgan fingerprint density at radius 3 is 0.985 bits per heavy atom. The first-order valence-corrected chi connectivity index (χ1v) is 24.1. The Bertz CT molecular complexity index is 1600. The van der Waals surface area contributed by atoms with Crippen molar-refractivity contribution in [2.24, 2.45) is 0 Å². The van der Waals surface area contributed by atoms with Gasteiger partial charge in [0.25, 0.3) is 0 Å². The molecule has 3 fully saturated rings. The van der Waals surface area contributed by atoms with Crippen LogP contribution in [0.15, 0.2) is 0 Å². The molecule has 67 heavy (non-hydrogen) atoms. The van der Waals surface area contributed by atoms with E-state index in [9.17, 15) is 100 Å². The second-order valence-corrected chi connectivity index (χ2v) is 19.0. The van der Waals surface area contributed by atoms with Crippen LogP contribution >= 0.6 is 23.5 Å². The molecule has 0 radical (unpaired) electrons. The molecule has 398 valence electrons. The molecule has 0 aliphatic carbocycles. The Balaban J connectivity index is 1.44. The summed E-state index contributed by atoms with van der Waals surface area (Å²) in [7, 11) is -15.8. The van der Waals surface area contributed by atoms with E-state index in [4.69, 9.17) is 52.4 Å². The fraction of sp³-hybridized carbons (Fsp3) is 1.00. The van der Waals surface area contributed by atoms with E-state index >= 15 is 0 Å². The molecule has 3 aliphatic heterocycles. The molecule has 0 bridgehead atoms. The van der Waals surface area contributed by atoms with E-state index in [2.05, 4.69) is 13.6 Å². The highest BCUT2D eigenvalue weighted by atomic mass is 31.2. The van der Waals surface area contributed by atoms with Crippen molar-refractivity contribution in [3.8, 4) is 0 Å². The van der Waals surface area contributed by atoms with Gasteiger partial charge in [-0.05, 0) is 0 Å². The molecule has 2 unspecified atom stereocenters. The normalized spacial score (nSPS) is 35.3. The van der Waals surface area contributed by atoms with Gasteiger partial charge in [-0.3, -0.25) is 22.6 Å². The third kappa shape index (κ3) is 18.2. The highest BCUT2D eigenvalue weighted by molar-refractivity contribution is 7.47. The standard InChI is InChI=1S/C30H59O34P3/c31-1-16-22(43)23(44)28(60-16)54-4-10(34)20(41)14(38)8-58-66(50,51)64-27-18(3-33)62-30(25(27)46)56-6-12(36)21(42)15(39)9-59-67(52,53)63-26-17(2-32)61-29(24(26)45)55-5-11(35)19(40)13(37)7-57-65(47,48)49/h10-46H,1-9H2,(H,50,51)(H,52,53)(H2,47,48,49)/t10-,11-,12-,13+,14+,15+,16+,17+,18+,19-,20-,21-,22+,23+,24+,25+,26+,27+,28+,29+,30+/m0/s1. The number of rotatable bonds is 31. The first-order valence-electron chi connectivity index (χ1n) is 19.6. The summed E-state index contributed by atoms with van der Waals surface area (Å²) in [6.07, 6.45) is -40.0. The Labute approximate surface area is 377 Å². The van der Waals surface area contributed by atoms with E-state index in [0.717, 1.165) is 0 Å². The average Bonchev–Trinajstić information content (AvgIpc) is 3.85. The fourth-order valence-electron chi connectivity index (χ4n) is 6.07. The minimum atomic E-state index is -5.38. The number of phosphoric ester groups is 3. The molecule has 0 saturated carbocycles. The molecule has 23 atom stereocenters. The maximum Gasteiger partial charge on any atom is 0.472 e. The van der Waals surface area contributed by atoms with Crippen molar-refractivity contribution in [1.82, 2.24) is 0 Å². The average molecular weight is 1060 g/mol. The molecule has 37 heteroatoms. The second kappa shape index (κ2) is 26.9. The van der Waals surface area contributed by atoms with Gasteiger partial charge >= 0.3 is 23.5 Å². The topological polar surface area (TPSA) is 557 Å². The lowest BCUT2D eigenvalue weighted by atomic mass is 10.1. The number of phosphoric acid groups is 3. The van der Waals surface area contributed by atoms with Crippen LogP contribution in [0.5, 0.6) is 0 Å². The number of hydrogen-bond donors (Lipinski definition) is 20. The van der Waals surface area contributed by atoms with E-state index in [1.807, 2.05) is 0 Å². The van der Waals surface area contributed by atoms with Crippen LogP contribution < -0.4 is 0 Å². The van der Waals surface area contributed by atoms with E-state index in [1.54, 1.807) is 0 Å². The predicted octanol–water partition coefficient (Wildman–Crippen LogP) is -11.0. The molecule has 0 spiro atoms. The lowest BCUT2D eigenvalue weighted by Crippen LogP contribution is -2.44. The van der Waals surface area contributed by atoms with Crippen LogP contribution in [-0.4, -0.2) is 289 Å². The first-order chi connectivity index (χ1) is 31.1. The van der Waals surface area contributed by atoms with Crippen molar-refractivity contribution in [3.63, 3.8) is 0 Å². The van der Waals surface area contributed by atoms with Crippen molar-refractivity contribution in [1.29, 1.82) is 0 Å². The van der Waals surface area contributed by atoms with Gasteiger partial charge in [-0.2, -0.15) is 0 Å². The van der Waals surface area contributed by atoms with E-state index in [-0.39, 0.29) is 0 Å². The molecule has 0 aromatic rings. The SMILES string of the molecule is O=P(O)(O)OC[C@@H](O)[C@@H](O)[C@@H](O)CO[C@@H]1O[C@H](CO)[C@@H](OP(=O)(O)OC[C@@H](O)[C@@H](O)[C@@H](O)CO[C@@H]2O[C@H](CO)[C@@H](OP(=O)(O)OC[C@@H](O)[C@@H](O)[C@@H](O)CO[C@@H]3O[C@H](CO)[C@@H](O)[C@H]3O)[C@H]2O)[C@H]1O. The largest absolute Gasteiger partial charge is 0.472 e. The molecule has 0 aromatic heterocycles. The quantitative estimate of drug-likeness (QED) is 0.0287. The van der Waals surface area contributed by atoms with Crippen LogP contribution in [0.3, 0.4) is 0 Å². The third-order valence-corrected chi connectivity index (χ3v) is 12.3. The Kier molecular flexibility index (Phi) is 24.4. The van der Waals surface area contributed by atoms with Crippen LogP contribution in [0.2, 0.25) is 0 Å². The van der Waals surface area contributed by atoms with Gasteiger partial charge in [0.05, 0.1) is 59.5 Å². The smallest absolute Gasteiger partial charge is 0.394 e. The minimum absolute atomic E-state index is 0.688. The van der Waals surface area contributed by atoms with Crippen molar-refractivity contribution in [3.05, 3.63) is 0 Å². The fourth-order valence-corrected chi connectivity index (χ4v) is 8.35. The van der Waals surface area contributed by atoms with Crippen molar-refractivity contribution < 1.29 is 166 Å². The van der Waals surface area contributed by atoms with Gasteiger partial charge in [-0.15, -0.1) is 0 Å². The van der Waals surface area contributed by atoms with Gasteiger partial charge in [0.1, 0.15) is 110 Å². The zero-order valence-corrected chi connectivity index (χ0v) is 37.2. The summed E-state index contributed by atoms with van der Waals surface area (Å²) in [6.45, 7) is -9.13. The highest BCUT2D eigenvalue weighted by Gasteiger charge is 2.51. The molecule has 3 rings (SSSR count). The van der Waals surface area contributed by atoms with Crippen LogP contribution in [0.25, 0.3) is 0 Å². The van der Waals surface area contributed by atoms with Crippen LogP contribution in [0, 0.1) is 0 Å². The zero-order valence-electron chi connectivity index (χ0n) is 34.5. The van der Waals surface area contributed by atoms with Gasteiger partial charge in [-0.25, -0.2) is 13.7 Å². The molecule has 3 heterocycles. The van der Waals surface area contributed by atoms with Crippen LogP contribution in [0.4, 0.5) is 0 Å². The van der Waals surface area contributed by atoms with Gasteiger partial charge in [0.15, 0.2) is 18.9 Å². The Morgan fingerprint density at radius 2 is 0.687 bits per heavy atom. The van der Waals surface area contributed by atoms with Crippen LogP contribution in [-0.2, 0) is 64.7 Å². The minimum Gasteiger partial charge on any atom is -0.394 e. The van der Waals surface area contributed by atoms with Crippen molar-refractivity contribution in [2.75, 3.05) is 59.5 Å². The number of hydrogen-bond acceptors (Lipinski definition) is 30. The summed E-state index contributed by atoms with van der Waals surface area (Å²) in [5.74, 6) is 0. The zero-order chi connectivity index (χ0) is 50.8. The lowest BCUT2D eigenvalue weighted by molar-refractivity contribution is -0.194. The molecular weight excluding hydrogens is 997 g/mol. The van der Waals surface area contributed by atoms with Crippen molar-refractivity contribution in [2.45, 2.75) is 129 Å². The summed E-state index contributed by atoms with van der Waals surface area (Å²) in [6, 6.07) is 0. The van der Waals surface area contributed by atoms with Gasteiger partial charge in [0.2, 0.25) is 0 Å². The number of aliphatic hydroxyl groups excluding tert-OH is 16. The van der Waals surface area contributed by atoms with Crippen molar-refractivity contribution >= 4 is 23.5 Å². The van der Waals surface area contributed by atoms with Crippen LogP contribution in [0.1, 0.15) is 0 Å². The third-order valence-electron chi connectivity index (χ3n) is 9.84. The summed E-state index contributed by atoms with van der Waals surface area (Å²) < 4.78 is 89.7. The molecule has 34 nitrogen and oxygen atoms in total. The predicted molar refractivity (Wildman–Crippen MR) is 202 cm³/mol. The van der Waals surface area contributed by atoms with Gasteiger partial charge in [0, 0.05) is 0 Å². The van der Waals surface area contributed by atoms with E-state index in [0.29, 0.717) is 0 Å². The Hall–Kier alpha value is -0.550. The summed E-state index contributed by atoms with van der Waals surface area (Å²) in [5.41, 5.74) is 0. The number of aliphatic hydroxyl groups is 16. The molecule has 0 amide bonds. The first kappa shape index (κ1) is 60.8. The molecule has 0 aromatic carbocycles. The summed E-state index contributed by atoms with van der Waals surface area (Å²) in [5, 5.41) is 161. The maximum absolute atomic E-state index is 12.7. The second-order valence-electron chi connectivity index (χ2n) is 15.0. The Morgan fingerprint density at radius 1 is 0.403 bits per heavy atom. The van der Waals surface area contributed by atoms with Gasteiger partial charge in [-0.1, -0.05) is 0 Å². The highest BCUT2D eigenvalue weighted by Crippen LogP contribution is 2.49. The monoisotopic (exact) mass is 1060 g/mol. The maximum atomic E-state index is 12.7. The van der Waals surface area contributed by atoms with E-state index in [1.165, 1.54) is 0 Å². The summed E-state index contributed by atoms with van der Waals surface area (Å²) in [4.78, 5) is 37.8. The van der Waals surface area contributed by atoms with Gasteiger partial charge < -0.3 is 130 Å². The molecular formula is C30H59O34P3.